The van der Waals surface area contributed by atoms with Crippen LogP contribution in [0.25, 0.3) is 0 Å². The lowest BCUT2D eigenvalue weighted by molar-refractivity contribution is 0.0919. The highest BCUT2D eigenvalue weighted by molar-refractivity contribution is 5.97. The van der Waals surface area contributed by atoms with Crippen molar-refractivity contribution < 1.29 is 23.7 Å². The number of ketones is 1. The van der Waals surface area contributed by atoms with E-state index in [1.54, 1.807) is 44.5 Å². The molecule has 0 saturated carbocycles. The Hall–Kier alpha value is -3.74. The molecule has 0 amide bonds. The normalized spacial score (nSPS) is 10.4. The number of rotatable bonds is 10. The van der Waals surface area contributed by atoms with Crippen LogP contribution in [0.5, 0.6) is 23.0 Å². The minimum Gasteiger partial charge on any atom is -0.497 e. The van der Waals surface area contributed by atoms with Gasteiger partial charge in [0.05, 0.1) is 26.5 Å². The summed E-state index contributed by atoms with van der Waals surface area (Å²) >= 11 is 0. The molecule has 0 radical (unpaired) electrons. The lowest BCUT2D eigenvalue weighted by Crippen LogP contribution is -2.20. The summed E-state index contributed by atoms with van der Waals surface area (Å²) in [7, 11) is 3.15. The molecule has 0 aliphatic rings. The standard InChI is InChI=1S/C24H25NO6/c1-17-24(31-16-23(27)18-5-4-6-21(15-18)29-3)22(26)11-12-25(17)13-14-30-20-9-7-19(28-2)8-10-20/h4-12,15H,13-14,16H2,1-3H3. The van der Waals surface area contributed by atoms with Crippen LogP contribution in [-0.4, -0.2) is 37.8 Å². The molecule has 7 heteroatoms. The van der Waals surface area contributed by atoms with Crippen molar-refractivity contribution in [2.24, 2.45) is 0 Å². The molecule has 0 unspecified atom stereocenters. The Morgan fingerprint density at radius 2 is 1.61 bits per heavy atom. The first-order valence-electron chi connectivity index (χ1n) is 9.78. The molecule has 0 N–H and O–H groups in total. The fourth-order valence-electron chi connectivity index (χ4n) is 3.02. The number of Topliss-reactive ketones (excluding diaryl/α,β-unsaturated/α-hetero) is 1. The summed E-state index contributed by atoms with van der Waals surface area (Å²) in [4.78, 5) is 24.7. The molecule has 3 rings (SSSR count). The fraction of sp³-hybridized carbons (Fsp3) is 0.250. The maximum Gasteiger partial charge on any atom is 0.223 e. The molecule has 0 atom stereocenters. The van der Waals surface area contributed by atoms with E-state index in [1.807, 2.05) is 28.8 Å². The van der Waals surface area contributed by atoms with Crippen molar-refractivity contribution in [3.8, 4) is 23.0 Å². The first kappa shape index (κ1) is 22.0. The smallest absolute Gasteiger partial charge is 0.223 e. The molecule has 1 heterocycles. The summed E-state index contributed by atoms with van der Waals surface area (Å²) in [6.45, 7) is 2.45. The maximum atomic E-state index is 12.4. The van der Waals surface area contributed by atoms with Gasteiger partial charge in [-0.25, -0.2) is 0 Å². The molecular formula is C24H25NO6. The second-order valence-corrected chi connectivity index (χ2v) is 6.76. The Balaban J connectivity index is 1.62. The van der Waals surface area contributed by atoms with E-state index in [0.717, 1.165) is 11.5 Å². The van der Waals surface area contributed by atoms with Gasteiger partial charge in [0.1, 0.15) is 23.9 Å². The Morgan fingerprint density at radius 3 is 2.32 bits per heavy atom. The van der Waals surface area contributed by atoms with E-state index < -0.39 is 0 Å². The minimum atomic E-state index is -0.275. The van der Waals surface area contributed by atoms with E-state index in [2.05, 4.69) is 0 Å². The number of carbonyl (C=O) groups excluding carboxylic acids is 1. The first-order chi connectivity index (χ1) is 15.0. The lowest BCUT2D eigenvalue weighted by atomic mass is 10.1. The molecule has 0 saturated heterocycles. The quantitative estimate of drug-likeness (QED) is 0.465. The molecule has 0 bridgehead atoms. The predicted molar refractivity (Wildman–Crippen MR) is 117 cm³/mol. The van der Waals surface area contributed by atoms with Crippen LogP contribution in [0.1, 0.15) is 16.1 Å². The zero-order valence-corrected chi connectivity index (χ0v) is 17.8. The highest BCUT2D eigenvalue weighted by atomic mass is 16.5. The fourth-order valence-corrected chi connectivity index (χ4v) is 3.02. The van der Waals surface area contributed by atoms with Gasteiger partial charge >= 0.3 is 0 Å². The van der Waals surface area contributed by atoms with Crippen molar-refractivity contribution in [2.45, 2.75) is 13.5 Å². The van der Waals surface area contributed by atoms with Gasteiger partial charge in [0.15, 0.2) is 18.1 Å². The average Bonchev–Trinajstić information content (AvgIpc) is 2.80. The number of aromatic nitrogens is 1. The van der Waals surface area contributed by atoms with Gasteiger partial charge in [-0.2, -0.15) is 0 Å². The first-order valence-corrected chi connectivity index (χ1v) is 9.78. The number of ether oxygens (including phenoxy) is 4. The molecule has 31 heavy (non-hydrogen) atoms. The molecular weight excluding hydrogens is 398 g/mol. The maximum absolute atomic E-state index is 12.4. The molecule has 0 spiro atoms. The summed E-state index contributed by atoms with van der Waals surface area (Å²) < 4.78 is 23.5. The van der Waals surface area contributed by atoms with Gasteiger partial charge < -0.3 is 23.5 Å². The van der Waals surface area contributed by atoms with Crippen molar-refractivity contribution in [1.29, 1.82) is 0 Å². The van der Waals surface area contributed by atoms with E-state index in [-0.39, 0.29) is 23.6 Å². The molecule has 3 aromatic rings. The molecule has 0 aliphatic heterocycles. The van der Waals surface area contributed by atoms with Crippen molar-refractivity contribution in [1.82, 2.24) is 4.57 Å². The van der Waals surface area contributed by atoms with Gasteiger partial charge in [-0.3, -0.25) is 9.59 Å². The molecule has 0 fully saturated rings. The van der Waals surface area contributed by atoms with E-state index in [0.29, 0.717) is 30.2 Å². The van der Waals surface area contributed by atoms with Crippen LogP contribution in [0.15, 0.2) is 65.6 Å². The van der Waals surface area contributed by atoms with Gasteiger partial charge in [-0.1, -0.05) is 12.1 Å². The van der Waals surface area contributed by atoms with Gasteiger partial charge in [0, 0.05) is 17.8 Å². The zero-order valence-electron chi connectivity index (χ0n) is 17.8. The summed E-state index contributed by atoms with van der Waals surface area (Å²) in [6, 6.07) is 15.5. The molecule has 162 valence electrons. The largest absolute Gasteiger partial charge is 0.497 e. The van der Waals surface area contributed by atoms with Crippen molar-refractivity contribution in [3.63, 3.8) is 0 Å². The monoisotopic (exact) mass is 423 g/mol. The highest BCUT2D eigenvalue weighted by Gasteiger charge is 2.13. The average molecular weight is 423 g/mol. The second kappa shape index (κ2) is 10.3. The van der Waals surface area contributed by atoms with Crippen LogP contribution in [-0.2, 0) is 6.54 Å². The van der Waals surface area contributed by atoms with Crippen LogP contribution in [0.4, 0.5) is 0 Å². The third-order valence-electron chi connectivity index (χ3n) is 4.79. The SMILES string of the molecule is COc1ccc(OCCn2ccc(=O)c(OCC(=O)c3cccc(OC)c3)c2C)cc1. The summed E-state index contributed by atoms with van der Waals surface area (Å²) in [5.41, 5.74) is 0.814. The van der Waals surface area contributed by atoms with Gasteiger partial charge in [-0.05, 0) is 43.3 Å². The molecule has 2 aromatic carbocycles. The number of nitrogens with zero attached hydrogens (tertiary/aromatic N) is 1. The van der Waals surface area contributed by atoms with Crippen LogP contribution in [0.3, 0.4) is 0 Å². The minimum absolute atomic E-state index is 0.156. The van der Waals surface area contributed by atoms with Crippen LogP contribution in [0.2, 0.25) is 0 Å². The van der Waals surface area contributed by atoms with E-state index in [9.17, 15) is 9.59 Å². The van der Waals surface area contributed by atoms with E-state index in [1.165, 1.54) is 13.2 Å². The number of benzene rings is 2. The number of methoxy groups -OCH3 is 2. The van der Waals surface area contributed by atoms with Gasteiger partial charge in [0.25, 0.3) is 0 Å². The topological polar surface area (TPSA) is 76.0 Å². The Bertz CT molecular complexity index is 1090. The third kappa shape index (κ3) is 5.66. The van der Waals surface area contributed by atoms with Crippen molar-refractivity contribution in [2.75, 3.05) is 27.4 Å². The van der Waals surface area contributed by atoms with Gasteiger partial charge in [-0.15, -0.1) is 0 Å². The zero-order chi connectivity index (χ0) is 22.2. The van der Waals surface area contributed by atoms with Crippen molar-refractivity contribution in [3.05, 3.63) is 82.3 Å². The van der Waals surface area contributed by atoms with E-state index in [4.69, 9.17) is 18.9 Å². The van der Waals surface area contributed by atoms with E-state index >= 15 is 0 Å². The summed E-state index contributed by atoms with van der Waals surface area (Å²) in [5, 5.41) is 0. The summed E-state index contributed by atoms with van der Waals surface area (Å²) in [5.74, 6) is 1.98. The molecule has 0 aliphatic carbocycles. The Kier molecular flexibility index (Phi) is 7.32. The highest BCUT2D eigenvalue weighted by Crippen LogP contribution is 2.18. The molecule has 7 nitrogen and oxygen atoms in total. The second-order valence-electron chi connectivity index (χ2n) is 6.76. The summed E-state index contributed by atoms with van der Waals surface area (Å²) in [6.07, 6.45) is 1.69. The number of carbonyl (C=O) groups is 1. The third-order valence-corrected chi connectivity index (χ3v) is 4.79. The van der Waals surface area contributed by atoms with Crippen LogP contribution >= 0.6 is 0 Å². The van der Waals surface area contributed by atoms with Gasteiger partial charge in [0.2, 0.25) is 5.43 Å². The lowest BCUT2D eigenvalue weighted by Gasteiger charge is -2.15. The Morgan fingerprint density at radius 1 is 0.903 bits per heavy atom. The van der Waals surface area contributed by atoms with Crippen LogP contribution in [0, 0.1) is 6.92 Å². The number of pyridine rings is 1. The molecule has 1 aromatic heterocycles. The number of hydrogen-bond acceptors (Lipinski definition) is 6. The van der Waals surface area contributed by atoms with Crippen molar-refractivity contribution >= 4 is 5.78 Å². The predicted octanol–water partition coefficient (Wildman–Crippen LogP) is 3.51. The number of hydrogen-bond donors (Lipinski definition) is 0. The van der Waals surface area contributed by atoms with Crippen LogP contribution < -0.4 is 24.4 Å². The Labute approximate surface area is 180 Å².